The lowest BCUT2D eigenvalue weighted by atomic mass is 10.1. The topological polar surface area (TPSA) is 17.1 Å². The minimum Gasteiger partial charge on any atom is -0.288 e. The normalized spacial score (nSPS) is 10.4. The van der Waals surface area contributed by atoms with Crippen molar-refractivity contribution in [3.8, 4) is 0 Å². The SMILES string of the molecule is Cc1ccsc1C(=O)c1ccc(Cl)c(Br)c1. The van der Waals surface area contributed by atoms with Crippen LogP contribution in [0.4, 0.5) is 0 Å². The summed E-state index contributed by atoms with van der Waals surface area (Å²) >= 11 is 10.7. The number of thiophene rings is 1. The van der Waals surface area contributed by atoms with E-state index in [1.165, 1.54) is 11.3 Å². The second-order valence-corrected chi connectivity index (χ2v) is 5.57. The monoisotopic (exact) mass is 314 g/mol. The molecule has 0 radical (unpaired) electrons. The molecule has 0 aliphatic heterocycles. The van der Waals surface area contributed by atoms with Crippen molar-refractivity contribution in [3.63, 3.8) is 0 Å². The third-order valence-electron chi connectivity index (χ3n) is 2.25. The number of ketones is 1. The number of carbonyl (C=O) groups excluding carboxylic acids is 1. The van der Waals surface area contributed by atoms with Gasteiger partial charge in [-0.15, -0.1) is 11.3 Å². The summed E-state index contributed by atoms with van der Waals surface area (Å²) in [6.07, 6.45) is 0. The van der Waals surface area contributed by atoms with Gasteiger partial charge in [-0.3, -0.25) is 4.79 Å². The quantitative estimate of drug-likeness (QED) is 0.734. The Labute approximate surface area is 111 Å². The number of hydrogen-bond donors (Lipinski definition) is 0. The van der Waals surface area contributed by atoms with Gasteiger partial charge in [0.05, 0.1) is 9.90 Å². The van der Waals surface area contributed by atoms with Crippen LogP contribution in [0.3, 0.4) is 0 Å². The van der Waals surface area contributed by atoms with Gasteiger partial charge >= 0.3 is 0 Å². The van der Waals surface area contributed by atoms with Crippen molar-refractivity contribution in [1.29, 1.82) is 0 Å². The first-order valence-corrected chi connectivity index (χ1v) is 6.68. The zero-order chi connectivity index (χ0) is 11.7. The minimum atomic E-state index is 0.0462. The van der Waals surface area contributed by atoms with Crippen LogP contribution in [0.5, 0.6) is 0 Å². The van der Waals surface area contributed by atoms with Gasteiger partial charge in [-0.2, -0.15) is 0 Å². The zero-order valence-corrected chi connectivity index (χ0v) is 11.6. The summed E-state index contributed by atoms with van der Waals surface area (Å²) in [5, 5.41) is 2.53. The first-order valence-electron chi connectivity index (χ1n) is 4.63. The van der Waals surface area contributed by atoms with Crippen molar-refractivity contribution < 1.29 is 4.79 Å². The van der Waals surface area contributed by atoms with Crippen LogP contribution in [-0.2, 0) is 0 Å². The molecule has 1 nitrogen and oxygen atoms in total. The molecule has 82 valence electrons. The fraction of sp³-hybridized carbons (Fsp3) is 0.0833. The highest BCUT2D eigenvalue weighted by Gasteiger charge is 2.13. The molecule has 0 spiro atoms. The van der Waals surface area contributed by atoms with E-state index >= 15 is 0 Å². The lowest BCUT2D eigenvalue weighted by molar-refractivity contribution is 0.104. The van der Waals surface area contributed by atoms with Crippen molar-refractivity contribution in [3.05, 3.63) is 55.1 Å². The smallest absolute Gasteiger partial charge is 0.203 e. The molecule has 0 aliphatic carbocycles. The molecule has 0 saturated heterocycles. The molecular weight excluding hydrogens is 308 g/mol. The highest BCUT2D eigenvalue weighted by molar-refractivity contribution is 9.10. The maximum atomic E-state index is 12.1. The van der Waals surface area contributed by atoms with Gasteiger partial charge in [-0.25, -0.2) is 0 Å². The maximum Gasteiger partial charge on any atom is 0.203 e. The van der Waals surface area contributed by atoms with E-state index in [1.54, 1.807) is 18.2 Å². The molecule has 0 amide bonds. The molecule has 2 rings (SSSR count). The standard InChI is InChI=1S/C12H8BrClOS/c1-7-4-5-16-12(7)11(15)8-2-3-10(14)9(13)6-8/h2-6H,1H3. The Hall–Kier alpha value is -0.640. The van der Waals surface area contributed by atoms with E-state index in [0.29, 0.717) is 10.6 Å². The molecule has 0 saturated carbocycles. The third-order valence-corrected chi connectivity index (χ3v) is 4.48. The molecular formula is C12H8BrClOS. The van der Waals surface area contributed by atoms with Crippen molar-refractivity contribution in [2.45, 2.75) is 6.92 Å². The predicted molar refractivity (Wildman–Crippen MR) is 71.6 cm³/mol. The summed E-state index contributed by atoms with van der Waals surface area (Å²) < 4.78 is 0.745. The first-order chi connectivity index (χ1) is 7.59. The molecule has 0 unspecified atom stereocenters. The molecule has 16 heavy (non-hydrogen) atoms. The van der Waals surface area contributed by atoms with Crippen LogP contribution < -0.4 is 0 Å². The minimum absolute atomic E-state index is 0.0462. The van der Waals surface area contributed by atoms with Gasteiger partial charge < -0.3 is 0 Å². The molecule has 0 N–H and O–H groups in total. The summed E-state index contributed by atoms with van der Waals surface area (Å²) in [4.78, 5) is 12.9. The van der Waals surface area contributed by atoms with Gasteiger partial charge in [0.15, 0.2) is 0 Å². The molecule has 1 aromatic heterocycles. The Morgan fingerprint density at radius 1 is 1.38 bits per heavy atom. The molecule has 0 fully saturated rings. The lowest BCUT2D eigenvalue weighted by Gasteiger charge is -2.02. The van der Waals surface area contributed by atoms with Crippen LogP contribution in [0.2, 0.25) is 5.02 Å². The van der Waals surface area contributed by atoms with Crippen molar-refractivity contribution >= 4 is 44.7 Å². The summed E-state index contributed by atoms with van der Waals surface area (Å²) in [6.45, 7) is 1.94. The van der Waals surface area contributed by atoms with Crippen LogP contribution in [-0.4, -0.2) is 5.78 Å². The summed E-state index contributed by atoms with van der Waals surface area (Å²) in [7, 11) is 0. The Morgan fingerprint density at radius 2 is 2.12 bits per heavy atom. The van der Waals surface area contributed by atoms with Gasteiger partial charge in [0.1, 0.15) is 0 Å². The Kier molecular flexibility index (Phi) is 3.47. The number of benzene rings is 1. The van der Waals surface area contributed by atoms with E-state index in [2.05, 4.69) is 15.9 Å². The van der Waals surface area contributed by atoms with Crippen LogP contribution in [0, 0.1) is 6.92 Å². The number of carbonyl (C=O) groups is 1. The van der Waals surface area contributed by atoms with Crippen LogP contribution in [0.1, 0.15) is 20.8 Å². The highest BCUT2D eigenvalue weighted by Crippen LogP contribution is 2.26. The summed E-state index contributed by atoms with van der Waals surface area (Å²) in [6, 6.07) is 7.17. The van der Waals surface area contributed by atoms with Crippen molar-refractivity contribution in [1.82, 2.24) is 0 Å². The maximum absolute atomic E-state index is 12.1. The second kappa shape index (κ2) is 4.70. The first kappa shape index (κ1) is 11.8. The Balaban J connectivity index is 2.42. The second-order valence-electron chi connectivity index (χ2n) is 3.39. The fourth-order valence-electron chi connectivity index (χ4n) is 1.37. The average Bonchev–Trinajstić information content (AvgIpc) is 2.67. The van der Waals surface area contributed by atoms with Gasteiger partial charge in [-0.05, 0) is 58.1 Å². The van der Waals surface area contributed by atoms with Gasteiger partial charge in [-0.1, -0.05) is 11.6 Å². The summed E-state index contributed by atoms with van der Waals surface area (Å²) in [5.74, 6) is 0.0462. The third kappa shape index (κ3) is 2.21. The van der Waals surface area contributed by atoms with Gasteiger partial charge in [0, 0.05) is 10.0 Å². The Bertz CT molecular complexity index is 548. The van der Waals surface area contributed by atoms with E-state index in [0.717, 1.165) is 14.9 Å². The van der Waals surface area contributed by atoms with Crippen LogP contribution in [0.15, 0.2) is 34.1 Å². The molecule has 2 aromatic rings. The zero-order valence-electron chi connectivity index (χ0n) is 8.46. The van der Waals surface area contributed by atoms with Crippen molar-refractivity contribution in [2.24, 2.45) is 0 Å². The molecule has 0 aliphatic rings. The highest BCUT2D eigenvalue weighted by atomic mass is 79.9. The molecule has 4 heteroatoms. The molecule has 1 heterocycles. The molecule has 0 atom stereocenters. The van der Waals surface area contributed by atoms with Crippen molar-refractivity contribution in [2.75, 3.05) is 0 Å². The average molecular weight is 316 g/mol. The van der Waals surface area contributed by atoms with E-state index in [9.17, 15) is 4.79 Å². The lowest BCUT2D eigenvalue weighted by Crippen LogP contribution is -2.00. The number of hydrogen-bond acceptors (Lipinski definition) is 2. The predicted octanol–water partition coefficient (Wildman–Crippen LogP) is 4.70. The number of rotatable bonds is 2. The van der Waals surface area contributed by atoms with Crippen LogP contribution >= 0.6 is 38.9 Å². The fourth-order valence-corrected chi connectivity index (χ4v) is 2.76. The van der Waals surface area contributed by atoms with E-state index in [-0.39, 0.29) is 5.78 Å². The van der Waals surface area contributed by atoms with Crippen LogP contribution in [0.25, 0.3) is 0 Å². The summed E-state index contributed by atoms with van der Waals surface area (Å²) in [5.41, 5.74) is 1.67. The van der Waals surface area contributed by atoms with E-state index < -0.39 is 0 Å². The molecule has 1 aromatic carbocycles. The van der Waals surface area contributed by atoms with E-state index in [1.807, 2.05) is 18.4 Å². The molecule has 0 bridgehead atoms. The Morgan fingerprint density at radius 3 is 2.69 bits per heavy atom. The van der Waals surface area contributed by atoms with Gasteiger partial charge in [0.2, 0.25) is 5.78 Å². The largest absolute Gasteiger partial charge is 0.288 e. The number of halogens is 2. The van der Waals surface area contributed by atoms with Gasteiger partial charge in [0.25, 0.3) is 0 Å². The van der Waals surface area contributed by atoms with E-state index in [4.69, 9.17) is 11.6 Å². The number of aryl methyl sites for hydroxylation is 1.